The first kappa shape index (κ1) is 23.5. The number of hydrogen-bond donors (Lipinski definition) is 0. The Kier molecular flexibility index (Phi) is 5.13. The van der Waals surface area contributed by atoms with Crippen molar-refractivity contribution in [2.75, 3.05) is 0 Å². The molecule has 1 aliphatic carbocycles. The third-order valence-electron chi connectivity index (χ3n) is 8.34. The second kappa shape index (κ2) is 9.16. The molecule has 0 saturated heterocycles. The van der Waals surface area contributed by atoms with Gasteiger partial charge in [0.1, 0.15) is 0 Å². The Bertz CT molecular complexity index is 2260. The van der Waals surface area contributed by atoms with Gasteiger partial charge < -0.3 is 0 Å². The Morgan fingerprint density at radius 2 is 1.10 bits per heavy atom. The van der Waals surface area contributed by atoms with E-state index in [1.165, 1.54) is 53.2 Å². The van der Waals surface area contributed by atoms with Crippen molar-refractivity contribution in [3.8, 4) is 45.3 Å². The molecule has 0 atom stereocenters. The standard InChI is InChI=1S/C38H23N3S/c1-3-11-23(12-4-1)36-39-37(24-13-5-2-6-14-24)41-38(40-36)26-19-20-32-30(22-26)34-29-18-10-9-17-28(29)33-27-16-8-7-15-25(27)21-31(33)35(34)42-32/h1-20,22H,21H2. The highest BCUT2D eigenvalue weighted by atomic mass is 32.1. The highest BCUT2D eigenvalue weighted by Gasteiger charge is 2.26. The van der Waals surface area contributed by atoms with E-state index in [1.807, 2.05) is 72.0 Å². The summed E-state index contributed by atoms with van der Waals surface area (Å²) in [5, 5.41) is 5.22. The van der Waals surface area contributed by atoms with Gasteiger partial charge in [0.15, 0.2) is 17.5 Å². The first-order valence-corrected chi connectivity index (χ1v) is 15.0. The predicted octanol–water partition coefficient (Wildman–Crippen LogP) is 9.96. The molecule has 2 aromatic heterocycles. The SMILES string of the molecule is c1ccc(-c2nc(-c3ccccc3)nc(-c3ccc4sc5c6c(c7ccccc7c5c4c3)-c3ccccc3C6)n2)cc1. The fourth-order valence-corrected chi connectivity index (χ4v) is 7.68. The first-order valence-electron chi connectivity index (χ1n) is 14.2. The maximum Gasteiger partial charge on any atom is 0.164 e. The van der Waals surface area contributed by atoms with E-state index < -0.39 is 0 Å². The van der Waals surface area contributed by atoms with Crippen LogP contribution >= 0.6 is 11.3 Å². The summed E-state index contributed by atoms with van der Waals surface area (Å²) in [6.45, 7) is 0. The second-order valence-electron chi connectivity index (χ2n) is 10.8. The van der Waals surface area contributed by atoms with Crippen LogP contribution in [-0.2, 0) is 6.42 Å². The van der Waals surface area contributed by atoms with Crippen LogP contribution in [0.4, 0.5) is 0 Å². The summed E-state index contributed by atoms with van der Waals surface area (Å²) < 4.78 is 2.67. The highest BCUT2D eigenvalue weighted by Crippen LogP contribution is 2.50. The van der Waals surface area contributed by atoms with Gasteiger partial charge in [0.2, 0.25) is 0 Å². The van der Waals surface area contributed by atoms with E-state index in [0.717, 1.165) is 23.1 Å². The number of fused-ring (bicyclic) bond motifs is 10. The second-order valence-corrected chi connectivity index (χ2v) is 11.8. The number of thiophene rings is 1. The van der Waals surface area contributed by atoms with E-state index in [4.69, 9.17) is 15.0 Å². The molecule has 2 heterocycles. The molecule has 42 heavy (non-hydrogen) atoms. The highest BCUT2D eigenvalue weighted by molar-refractivity contribution is 7.26. The largest absolute Gasteiger partial charge is 0.208 e. The third-order valence-corrected chi connectivity index (χ3v) is 9.57. The van der Waals surface area contributed by atoms with Crippen LogP contribution in [0.2, 0.25) is 0 Å². The van der Waals surface area contributed by atoms with Crippen LogP contribution in [0.1, 0.15) is 11.1 Å². The molecule has 1 aliphatic rings. The molecule has 3 nitrogen and oxygen atoms in total. The van der Waals surface area contributed by atoms with Crippen LogP contribution in [0.25, 0.3) is 76.2 Å². The molecule has 0 amide bonds. The normalized spacial score (nSPS) is 12.2. The lowest BCUT2D eigenvalue weighted by Gasteiger charge is -2.10. The van der Waals surface area contributed by atoms with Crippen LogP contribution < -0.4 is 0 Å². The molecule has 8 aromatic rings. The van der Waals surface area contributed by atoms with Crippen LogP contribution in [0.5, 0.6) is 0 Å². The molecule has 0 saturated carbocycles. The molecule has 0 unspecified atom stereocenters. The van der Waals surface area contributed by atoms with Crippen molar-refractivity contribution >= 4 is 42.3 Å². The molecule has 0 radical (unpaired) electrons. The van der Waals surface area contributed by atoms with E-state index in [2.05, 4.69) is 66.7 Å². The maximum atomic E-state index is 5.00. The van der Waals surface area contributed by atoms with Gasteiger partial charge in [-0.2, -0.15) is 0 Å². The van der Waals surface area contributed by atoms with E-state index >= 15 is 0 Å². The number of nitrogens with zero attached hydrogens (tertiary/aromatic N) is 3. The van der Waals surface area contributed by atoms with Crippen molar-refractivity contribution in [2.45, 2.75) is 6.42 Å². The van der Waals surface area contributed by atoms with Crippen LogP contribution in [0.3, 0.4) is 0 Å². The van der Waals surface area contributed by atoms with Gasteiger partial charge in [-0.05, 0) is 51.2 Å². The van der Waals surface area contributed by atoms with Gasteiger partial charge in [0.25, 0.3) is 0 Å². The van der Waals surface area contributed by atoms with Crippen molar-refractivity contribution in [1.82, 2.24) is 15.0 Å². The van der Waals surface area contributed by atoms with Crippen LogP contribution in [0, 0.1) is 0 Å². The molecule has 0 spiro atoms. The topological polar surface area (TPSA) is 38.7 Å². The van der Waals surface area contributed by atoms with Crippen molar-refractivity contribution < 1.29 is 0 Å². The average Bonchev–Trinajstić information content (AvgIpc) is 3.65. The number of benzene rings is 6. The van der Waals surface area contributed by atoms with E-state index in [1.54, 1.807) is 0 Å². The Hall–Kier alpha value is -5.19. The molecule has 9 rings (SSSR count). The smallest absolute Gasteiger partial charge is 0.164 e. The summed E-state index contributed by atoms with van der Waals surface area (Å²) in [6, 6.07) is 44.7. The summed E-state index contributed by atoms with van der Waals surface area (Å²) in [5.41, 5.74) is 8.57. The van der Waals surface area contributed by atoms with Crippen molar-refractivity contribution in [3.63, 3.8) is 0 Å². The summed E-state index contributed by atoms with van der Waals surface area (Å²) in [7, 11) is 0. The zero-order valence-corrected chi connectivity index (χ0v) is 23.4. The van der Waals surface area contributed by atoms with Gasteiger partial charge >= 0.3 is 0 Å². The molecular weight excluding hydrogens is 531 g/mol. The minimum atomic E-state index is 0.677. The molecule has 0 N–H and O–H groups in total. The minimum absolute atomic E-state index is 0.677. The Morgan fingerprint density at radius 1 is 0.500 bits per heavy atom. The summed E-state index contributed by atoms with van der Waals surface area (Å²) >= 11 is 1.90. The maximum absolute atomic E-state index is 5.00. The van der Waals surface area contributed by atoms with Crippen molar-refractivity contribution in [2.24, 2.45) is 0 Å². The summed E-state index contributed by atoms with van der Waals surface area (Å²) in [4.78, 5) is 14.9. The van der Waals surface area contributed by atoms with E-state index in [-0.39, 0.29) is 0 Å². The van der Waals surface area contributed by atoms with Crippen molar-refractivity contribution in [1.29, 1.82) is 0 Å². The van der Waals surface area contributed by atoms with Gasteiger partial charge in [-0.3, -0.25) is 0 Å². The average molecular weight is 554 g/mol. The molecular formula is C38H23N3S. The molecule has 4 heteroatoms. The Balaban J connectivity index is 1.30. The zero-order valence-electron chi connectivity index (χ0n) is 22.6. The molecule has 0 aliphatic heterocycles. The fraction of sp³-hybridized carbons (Fsp3) is 0.0263. The molecule has 6 aromatic carbocycles. The Morgan fingerprint density at radius 3 is 1.81 bits per heavy atom. The lowest BCUT2D eigenvalue weighted by Crippen LogP contribution is -2.00. The first-order chi connectivity index (χ1) is 20.8. The number of aromatic nitrogens is 3. The van der Waals surface area contributed by atoms with Crippen molar-refractivity contribution in [3.05, 3.63) is 139 Å². The molecule has 0 bridgehead atoms. The monoisotopic (exact) mass is 553 g/mol. The fourth-order valence-electron chi connectivity index (χ4n) is 6.43. The van der Waals surface area contributed by atoms with Crippen LogP contribution in [0.15, 0.2) is 127 Å². The number of rotatable bonds is 3. The lowest BCUT2D eigenvalue weighted by atomic mass is 9.94. The molecule has 0 fully saturated rings. The Labute approximate surface area is 246 Å². The van der Waals surface area contributed by atoms with E-state index in [0.29, 0.717) is 17.5 Å². The van der Waals surface area contributed by atoms with Gasteiger partial charge in [0.05, 0.1) is 0 Å². The third kappa shape index (κ3) is 3.55. The zero-order chi connectivity index (χ0) is 27.6. The number of hydrogen-bond acceptors (Lipinski definition) is 4. The van der Waals surface area contributed by atoms with E-state index in [9.17, 15) is 0 Å². The summed E-state index contributed by atoms with van der Waals surface area (Å²) in [5.74, 6) is 2.04. The summed E-state index contributed by atoms with van der Waals surface area (Å²) in [6.07, 6.45) is 0.973. The predicted molar refractivity (Wildman–Crippen MR) is 175 cm³/mol. The lowest BCUT2D eigenvalue weighted by molar-refractivity contribution is 1.07. The van der Waals surface area contributed by atoms with Gasteiger partial charge in [-0.1, -0.05) is 109 Å². The minimum Gasteiger partial charge on any atom is -0.208 e. The van der Waals surface area contributed by atoms with Gasteiger partial charge in [-0.15, -0.1) is 11.3 Å². The quantitative estimate of drug-likeness (QED) is 0.218. The van der Waals surface area contributed by atoms with Crippen LogP contribution in [-0.4, -0.2) is 15.0 Å². The van der Waals surface area contributed by atoms with Gasteiger partial charge in [-0.25, -0.2) is 15.0 Å². The molecule has 196 valence electrons. The van der Waals surface area contributed by atoms with Gasteiger partial charge in [0, 0.05) is 43.3 Å².